The molecule has 0 amide bonds. The molecule has 6 heteroatoms. The summed E-state index contributed by atoms with van der Waals surface area (Å²) < 4.78 is 5.49. The van der Waals surface area contributed by atoms with E-state index >= 15 is 0 Å². The molecule has 6 nitrogen and oxygen atoms in total. The molecule has 0 saturated heterocycles. The molecule has 0 aliphatic carbocycles. The van der Waals surface area contributed by atoms with Gasteiger partial charge in [0.05, 0.1) is 11.0 Å². The molecule has 0 fully saturated rings. The van der Waals surface area contributed by atoms with Crippen molar-refractivity contribution in [2.75, 3.05) is 5.32 Å². The molecule has 1 heterocycles. The van der Waals surface area contributed by atoms with Gasteiger partial charge in [0, 0.05) is 17.3 Å². The van der Waals surface area contributed by atoms with Crippen LogP contribution in [0.15, 0.2) is 28.7 Å². The van der Waals surface area contributed by atoms with Gasteiger partial charge in [0.25, 0.3) is 5.69 Å². The Labute approximate surface area is 122 Å². The molecule has 0 saturated carbocycles. The van der Waals surface area contributed by atoms with Crippen molar-refractivity contribution in [3.05, 3.63) is 57.0 Å². The molecular formula is C15H15N3O3. The van der Waals surface area contributed by atoms with E-state index in [0.29, 0.717) is 5.69 Å². The molecule has 2 aromatic rings. The second-order valence-electron chi connectivity index (χ2n) is 4.84. The number of benzene rings is 1. The monoisotopic (exact) mass is 285 g/mol. The van der Waals surface area contributed by atoms with Crippen molar-refractivity contribution in [1.29, 1.82) is 5.26 Å². The summed E-state index contributed by atoms with van der Waals surface area (Å²) in [5.41, 5.74) is 1.52. The van der Waals surface area contributed by atoms with Gasteiger partial charge >= 0.3 is 0 Å². The number of hydrogen-bond acceptors (Lipinski definition) is 5. The van der Waals surface area contributed by atoms with E-state index in [0.717, 1.165) is 17.1 Å². The minimum Gasteiger partial charge on any atom is -0.466 e. The lowest BCUT2D eigenvalue weighted by molar-refractivity contribution is -0.385. The van der Waals surface area contributed by atoms with Crippen LogP contribution in [0.3, 0.4) is 0 Å². The predicted octanol–water partition coefficient (Wildman–Crippen LogP) is 3.85. The van der Waals surface area contributed by atoms with Crippen LogP contribution in [0.25, 0.3) is 0 Å². The largest absolute Gasteiger partial charge is 0.466 e. The van der Waals surface area contributed by atoms with Crippen LogP contribution in [0, 0.1) is 35.3 Å². The summed E-state index contributed by atoms with van der Waals surface area (Å²) in [6.07, 6.45) is 0. The number of nitro groups is 1. The lowest BCUT2D eigenvalue weighted by Gasteiger charge is -2.14. The Morgan fingerprint density at radius 1 is 1.38 bits per heavy atom. The van der Waals surface area contributed by atoms with Crippen LogP contribution in [0.5, 0.6) is 0 Å². The van der Waals surface area contributed by atoms with Crippen LogP contribution in [0.2, 0.25) is 0 Å². The summed E-state index contributed by atoms with van der Waals surface area (Å²) in [4.78, 5) is 10.2. The van der Waals surface area contributed by atoms with Crippen molar-refractivity contribution in [3.63, 3.8) is 0 Å². The Bertz CT molecular complexity index is 728. The van der Waals surface area contributed by atoms with E-state index in [1.165, 1.54) is 12.1 Å². The maximum Gasteiger partial charge on any atom is 0.287 e. The second kappa shape index (κ2) is 5.67. The number of hydrogen-bond donors (Lipinski definition) is 1. The number of aryl methyl sites for hydroxylation is 2. The molecule has 0 aliphatic rings. The molecule has 1 aromatic heterocycles. The highest BCUT2D eigenvalue weighted by Crippen LogP contribution is 2.27. The quantitative estimate of drug-likeness (QED) is 0.680. The summed E-state index contributed by atoms with van der Waals surface area (Å²) in [5, 5.41) is 23.0. The molecule has 0 radical (unpaired) electrons. The van der Waals surface area contributed by atoms with E-state index < -0.39 is 4.92 Å². The van der Waals surface area contributed by atoms with Crippen LogP contribution in [-0.2, 0) is 0 Å². The molecule has 1 N–H and O–H groups in total. The average molecular weight is 285 g/mol. The fourth-order valence-corrected chi connectivity index (χ4v) is 2.28. The van der Waals surface area contributed by atoms with Gasteiger partial charge in [-0.3, -0.25) is 10.1 Å². The van der Waals surface area contributed by atoms with Gasteiger partial charge in [0.2, 0.25) is 0 Å². The third kappa shape index (κ3) is 3.03. The minimum atomic E-state index is -0.560. The third-order valence-corrected chi connectivity index (χ3v) is 3.24. The number of nitrogens with zero attached hydrogens (tertiary/aromatic N) is 2. The summed E-state index contributed by atoms with van der Waals surface area (Å²) in [6, 6.07) is 8.17. The Kier molecular flexibility index (Phi) is 3.94. The first kappa shape index (κ1) is 14.6. The van der Waals surface area contributed by atoms with Gasteiger partial charge < -0.3 is 9.73 Å². The summed E-state index contributed by atoms with van der Waals surface area (Å²) in [6.45, 7) is 5.73. The van der Waals surface area contributed by atoms with Crippen LogP contribution in [0.4, 0.5) is 11.4 Å². The Balaban J connectivity index is 2.26. The van der Waals surface area contributed by atoms with Gasteiger partial charge in [-0.2, -0.15) is 5.26 Å². The van der Waals surface area contributed by atoms with Crippen molar-refractivity contribution in [2.24, 2.45) is 0 Å². The average Bonchev–Trinajstić information content (AvgIpc) is 2.77. The number of rotatable bonds is 4. The maximum atomic E-state index is 10.8. The number of nitriles is 1. The molecule has 1 aromatic carbocycles. The molecule has 0 bridgehead atoms. The van der Waals surface area contributed by atoms with Crippen molar-refractivity contribution < 1.29 is 9.34 Å². The number of furan rings is 1. The first-order valence-electron chi connectivity index (χ1n) is 6.44. The van der Waals surface area contributed by atoms with Crippen LogP contribution in [0.1, 0.15) is 35.6 Å². The van der Waals surface area contributed by atoms with Gasteiger partial charge in [-0.1, -0.05) is 0 Å². The minimum absolute atomic E-state index is 0.0320. The Morgan fingerprint density at radius 3 is 2.62 bits per heavy atom. The standard InChI is InChI=1S/C15H15N3O3/c1-9-6-14(11(3)21-9)10(2)17-13-4-5-15(18(19)20)12(7-13)8-16/h4-7,10,17H,1-3H3. The lowest BCUT2D eigenvalue weighted by Crippen LogP contribution is -2.07. The Morgan fingerprint density at radius 2 is 2.10 bits per heavy atom. The zero-order valence-corrected chi connectivity index (χ0v) is 12.0. The first-order chi connectivity index (χ1) is 9.92. The van der Waals surface area contributed by atoms with Crippen molar-refractivity contribution in [2.45, 2.75) is 26.8 Å². The highest BCUT2D eigenvalue weighted by molar-refractivity contribution is 5.59. The highest BCUT2D eigenvalue weighted by atomic mass is 16.6. The molecule has 0 aliphatic heterocycles. The lowest BCUT2D eigenvalue weighted by atomic mass is 10.1. The fraction of sp³-hybridized carbons (Fsp3) is 0.267. The number of nitrogens with one attached hydrogen (secondary N) is 1. The number of anilines is 1. The van der Waals surface area contributed by atoms with Crippen LogP contribution >= 0.6 is 0 Å². The van der Waals surface area contributed by atoms with Gasteiger partial charge in [0.1, 0.15) is 23.2 Å². The molecule has 21 heavy (non-hydrogen) atoms. The molecular weight excluding hydrogens is 270 g/mol. The van der Waals surface area contributed by atoms with Gasteiger partial charge in [-0.15, -0.1) is 0 Å². The summed E-state index contributed by atoms with van der Waals surface area (Å²) in [5.74, 6) is 1.66. The third-order valence-electron chi connectivity index (χ3n) is 3.24. The first-order valence-corrected chi connectivity index (χ1v) is 6.44. The van der Waals surface area contributed by atoms with E-state index in [2.05, 4.69) is 5.32 Å². The smallest absolute Gasteiger partial charge is 0.287 e. The highest BCUT2D eigenvalue weighted by Gasteiger charge is 2.16. The van der Waals surface area contributed by atoms with Crippen molar-refractivity contribution in [1.82, 2.24) is 0 Å². The van der Waals surface area contributed by atoms with Crippen LogP contribution in [-0.4, -0.2) is 4.92 Å². The fourth-order valence-electron chi connectivity index (χ4n) is 2.28. The summed E-state index contributed by atoms with van der Waals surface area (Å²) >= 11 is 0. The van der Waals surface area contributed by atoms with Gasteiger partial charge in [0.15, 0.2) is 0 Å². The zero-order chi connectivity index (χ0) is 15.6. The molecule has 1 unspecified atom stereocenters. The molecule has 2 rings (SSSR count). The normalized spacial score (nSPS) is 11.7. The van der Waals surface area contributed by atoms with Crippen LogP contribution < -0.4 is 5.32 Å². The molecule has 108 valence electrons. The van der Waals surface area contributed by atoms with Gasteiger partial charge in [-0.25, -0.2) is 0 Å². The van der Waals surface area contributed by atoms with E-state index in [4.69, 9.17) is 9.68 Å². The Hall–Kier alpha value is -2.81. The van der Waals surface area contributed by atoms with E-state index in [-0.39, 0.29) is 17.3 Å². The molecule has 0 spiro atoms. The zero-order valence-electron chi connectivity index (χ0n) is 12.0. The van der Waals surface area contributed by atoms with Crippen molar-refractivity contribution in [3.8, 4) is 6.07 Å². The van der Waals surface area contributed by atoms with E-state index in [1.54, 1.807) is 6.07 Å². The predicted molar refractivity (Wildman–Crippen MR) is 78.0 cm³/mol. The van der Waals surface area contributed by atoms with E-state index in [1.807, 2.05) is 32.9 Å². The van der Waals surface area contributed by atoms with Crippen molar-refractivity contribution >= 4 is 11.4 Å². The van der Waals surface area contributed by atoms with Gasteiger partial charge in [-0.05, 0) is 39.0 Å². The second-order valence-corrected chi connectivity index (χ2v) is 4.84. The van der Waals surface area contributed by atoms with E-state index in [9.17, 15) is 10.1 Å². The SMILES string of the molecule is Cc1cc(C(C)Nc2ccc([N+](=O)[O-])c(C#N)c2)c(C)o1. The maximum absolute atomic E-state index is 10.8. The topological polar surface area (TPSA) is 92.1 Å². The number of nitro benzene ring substituents is 1. The summed E-state index contributed by atoms with van der Waals surface area (Å²) in [7, 11) is 0. The molecule has 1 atom stereocenters.